The molecule has 6 nitrogen and oxygen atoms in total. The Bertz CT molecular complexity index is 664. The lowest BCUT2D eigenvalue weighted by Gasteiger charge is -2.13. The highest BCUT2D eigenvalue weighted by atomic mass is 16.5. The van der Waals surface area contributed by atoms with Gasteiger partial charge in [-0.3, -0.25) is 0 Å². The Morgan fingerprint density at radius 1 is 1.32 bits per heavy atom. The molecule has 0 saturated heterocycles. The van der Waals surface area contributed by atoms with Gasteiger partial charge in [0.1, 0.15) is 5.75 Å². The van der Waals surface area contributed by atoms with Crippen LogP contribution < -0.4 is 15.4 Å². The fourth-order valence-electron chi connectivity index (χ4n) is 2.50. The van der Waals surface area contributed by atoms with Crippen molar-refractivity contribution >= 4 is 5.96 Å². The summed E-state index contributed by atoms with van der Waals surface area (Å²) in [4.78, 5) is 8.75. The van der Waals surface area contributed by atoms with Crippen LogP contribution in [0.4, 0.5) is 0 Å². The van der Waals surface area contributed by atoms with E-state index >= 15 is 0 Å². The van der Waals surface area contributed by atoms with Gasteiger partial charge in [-0.1, -0.05) is 18.2 Å². The molecular formula is C19H27N5O. The van der Waals surface area contributed by atoms with Crippen molar-refractivity contribution in [2.75, 3.05) is 19.7 Å². The van der Waals surface area contributed by atoms with Crippen molar-refractivity contribution in [3.8, 4) is 5.75 Å². The first-order valence-electron chi connectivity index (χ1n) is 9.03. The van der Waals surface area contributed by atoms with Crippen LogP contribution in [0.1, 0.15) is 25.3 Å². The SMILES string of the molecule is CCNC(=NCc1ccccc1OCC1CC1)NCCn1ccnc1. The molecule has 1 aromatic carbocycles. The first-order chi connectivity index (χ1) is 12.3. The Kier molecular flexibility index (Phi) is 6.31. The molecule has 0 spiro atoms. The van der Waals surface area contributed by atoms with Gasteiger partial charge in [0.2, 0.25) is 0 Å². The number of hydrogen-bond donors (Lipinski definition) is 2. The van der Waals surface area contributed by atoms with Crippen molar-refractivity contribution < 1.29 is 4.74 Å². The van der Waals surface area contributed by atoms with Gasteiger partial charge in [0.25, 0.3) is 0 Å². The van der Waals surface area contributed by atoms with Gasteiger partial charge in [0.05, 0.1) is 19.5 Å². The molecule has 1 heterocycles. The topological polar surface area (TPSA) is 63.5 Å². The largest absolute Gasteiger partial charge is 0.493 e. The Labute approximate surface area is 149 Å². The molecule has 1 aromatic heterocycles. The number of nitrogens with one attached hydrogen (secondary N) is 2. The predicted molar refractivity (Wildman–Crippen MR) is 99.7 cm³/mol. The monoisotopic (exact) mass is 341 g/mol. The van der Waals surface area contributed by atoms with Crippen molar-refractivity contribution in [1.29, 1.82) is 0 Å². The van der Waals surface area contributed by atoms with Crippen LogP contribution >= 0.6 is 0 Å². The van der Waals surface area contributed by atoms with Crippen molar-refractivity contribution in [2.24, 2.45) is 10.9 Å². The molecule has 0 radical (unpaired) electrons. The number of aromatic nitrogens is 2. The third-order valence-corrected chi connectivity index (χ3v) is 4.12. The van der Waals surface area contributed by atoms with Gasteiger partial charge in [0.15, 0.2) is 5.96 Å². The second-order valence-electron chi connectivity index (χ2n) is 6.28. The molecule has 25 heavy (non-hydrogen) atoms. The van der Waals surface area contributed by atoms with Gasteiger partial charge in [-0.15, -0.1) is 0 Å². The molecule has 2 N–H and O–H groups in total. The smallest absolute Gasteiger partial charge is 0.191 e. The third-order valence-electron chi connectivity index (χ3n) is 4.12. The molecule has 3 rings (SSSR count). The number of imidazole rings is 1. The minimum Gasteiger partial charge on any atom is -0.493 e. The van der Waals surface area contributed by atoms with Crippen molar-refractivity contribution in [3.05, 3.63) is 48.5 Å². The molecule has 0 atom stereocenters. The zero-order chi connectivity index (χ0) is 17.3. The molecule has 0 bridgehead atoms. The summed E-state index contributed by atoms with van der Waals surface area (Å²) in [5, 5.41) is 6.64. The molecule has 1 aliphatic rings. The zero-order valence-electron chi connectivity index (χ0n) is 14.8. The number of para-hydroxylation sites is 1. The summed E-state index contributed by atoms with van der Waals surface area (Å²) in [6.07, 6.45) is 8.16. The minimum atomic E-state index is 0.598. The van der Waals surface area contributed by atoms with Crippen LogP contribution in [0.5, 0.6) is 5.75 Å². The van der Waals surface area contributed by atoms with Crippen molar-refractivity contribution in [3.63, 3.8) is 0 Å². The van der Waals surface area contributed by atoms with Gasteiger partial charge < -0.3 is 19.9 Å². The third kappa shape index (κ3) is 5.81. The van der Waals surface area contributed by atoms with Gasteiger partial charge in [-0.2, -0.15) is 0 Å². The molecule has 6 heteroatoms. The van der Waals surface area contributed by atoms with E-state index in [0.717, 1.165) is 49.4 Å². The normalized spacial score (nSPS) is 14.4. The maximum absolute atomic E-state index is 5.96. The van der Waals surface area contributed by atoms with E-state index in [1.807, 2.05) is 35.3 Å². The maximum Gasteiger partial charge on any atom is 0.191 e. The lowest BCUT2D eigenvalue weighted by Crippen LogP contribution is -2.38. The van der Waals surface area contributed by atoms with Crippen LogP contribution in [-0.4, -0.2) is 35.2 Å². The number of hydrogen-bond acceptors (Lipinski definition) is 3. The maximum atomic E-state index is 5.96. The summed E-state index contributed by atoms with van der Waals surface area (Å²) in [6, 6.07) is 8.17. The first-order valence-corrected chi connectivity index (χ1v) is 9.03. The van der Waals surface area contributed by atoms with E-state index in [1.165, 1.54) is 12.8 Å². The van der Waals surface area contributed by atoms with E-state index in [9.17, 15) is 0 Å². The van der Waals surface area contributed by atoms with Gasteiger partial charge in [0, 0.05) is 37.6 Å². The lowest BCUT2D eigenvalue weighted by atomic mass is 10.2. The molecule has 0 unspecified atom stereocenters. The highest BCUT2D eigenvalue weighted by molar-refractivity contribution is 5.79. The summed E-state index contributed by atoms with van der Waals surface area (Å²) in [7, 11) is 0. The summed E-state index contributed by atoms with van der Waals surface area (Å²) in [6.45, 7) is 5.97. The van der Waals surface area contributed by atoms with Crippen LogP contribution in [0, 0.1) is 5.92 Å². The van der Waals surface area contributed by atoms with E-state index in [-0.39, 0.29) is 0 Å². The van der Waals surface area contributed by atoms with Crippen LogP contribution in [-0.2, 0) is 13.1 Å². The molecule has 1 saturated carbocycles. The molecule has 1 fully saturated rings. The highest BCUT2D eigenvalue weighted by Crippen LogP contribution is 2.30. The molecule has 2 aromatic rings. The van der Waals surface area contributed by atoms with Gasteiger partial charge in [-0.05, 0) is 31.7 Å². The molecule has 0 aliphatic heterocycles. The van der Waals surface area contributed by atoms with Crippen LogP contribution in [0.2, 0.25) is 0 Å². The molecule has 134 valence electrons. The first kappa shape index (κ1) is 17.3. The van der Waals surface area contributed by atoms with E-state index in [2.05, 4.69) is 28.6 Å². The Balaban J connectivity index is 1.54. The second kappa shape index (κ2) is 9.11. The fourth-order valence-corrected chi connectivity index (χ4v) is 2.50. The molecular weight excluding hydrogens is 314 g/mol. The Morgan fingerprint density at radius 3 is 2.96 bits per heavy atom. The minimum absolute atomic E-state index is 0.598. The average Bonchev–Trinajstić information content (AvgIpc) is 3.32. The summed E-state index contributed by atoms with van der Waals surface area (Å²) in [5.41, 5.74) is 1.12. The van der Waals surface area contributed by atoms with Crippen molar-refractivity contribution in [2.45, 2.75) is 32.9 Å². The predicted octanol–water partition coefficient (Wildman–Crippen LogP) is 2.43. The van der Waals surface area contributed by atoms with Crippen LogP contribution in [0.15, 0.2) is 48.0 Å². The van der Waals surface area contributed by atoms with Crippen molar-refractivity contribution in [1.82, 2.24) is 20.2 Å². The number of aliphatic imine (C=N–C) groups is 1. The quantitative estimate of drug-likeness (QED) is 0.543. The standard InChI is InChI=1S/C19H27N5O/c1-2-21-19(22-10-12-24-11-9-20-15-24)23-13-17-5-3-4-6-18(17)25-14-16-7-8-16/h3-6,9,11,15-16H,2,7-8,10,12-14H2,1H3,(H2,21,22,23). The molecule has 1 aliphatic carbocycles. The lowest BCUT2D eigenvalue weighted by molar-refractivity contribution is 0.297. The van der Waals surface area contributed by atoms with E-state index in [0.29, 0.717) is 6.54 Å². The van der Waals surface area contributed by atoms with Gasteiger partial charge in [-0.25, -0.2) is 9.98 Å². The van der Waals surface area contributed by atoms with E-state index in [1.54, 1.807) is 6.20 Å². The van der Waals surface area contributed by atoms with Crippen LogP contribution in [0.3, 0.4) is 0 Å². The number of benzene rings is 1. The van der Waals surface area contributed by atoms with E-state index in [4.69, 9.17) is 9.73 Å². The number of ether oxygens (including phenoxy) is 1. The van der Waals surface area contributed by atoms with Gasteiger partial charge >= 0.3 is 0 Å². The van der Waals surface area contributed by atoms with E-state index < -0.39 is 0 Å². The van der Waals surface area contributed by atoms with Crippen LogP contribution in [0.25, 0.3) is 0 Å². The number of guanidine groups is 1. The number of nitrogens with zero attached hydrogens (tertiary/aromatic N) is 3. The number of rotatable bonds is 9. The average molecular weight is 341 g/mol. The summed E-state index contributed by atoms with van der Waals surface area (Å²) >= 11 is 0. The summed E-state index contributed by atoms with van der Waals surface area (Å²) in [5.74, 6) is 2.52. The summed E-state index contributed by atoms with van der Waals surface area (Å²) < 4.78 is 8.00. The Morgan fingerprint density at radius 2 is 2.20 bits per heavy atom. The molecule has 0 amide bonds. The second-order valence-corrected chi connectivity index (χ2v) is 6.28. The fraction of sp³-hybridized carbons (Fsp3) is 0.474. The zero-order valence-corrected chi connectivity index (χ0v) is 14.8. The Hall–Kier alpha value is -2.50. The highest BCUT2D eigenvalue weighted by Gasteiger charge is 2.22.